The molecule has 0 aromatic heterocycles. The van der Waals surface area contributed by atoms with Gasteiger partial charge < -0.3 is 4.55 Å². The van der Waals surface area contributed by atoms with Crippen molar-refractivity contribution < 1.29 is 4.55 Å². The van der Waals surface area contributed by atoms with E-state index >= 15 is 0 Å². The van der Waals surface area contributed by atoms with Gasteiger partial charge in [-0.1, -0.05) is 84.6 Å². The molecule has 0 radical (unpaired) electrons. The molecule has 0 fully saturated rings. The average Bonchev–Trinajstić information content (AvgIpc) is 2.76. The number of benzene rings is 4. The van der Waals surface area contributed by atoms with Gasteiger partial charge in [-0.3, -0.25) is 0 Å². The summed E-state index contributed by atoms with van der Waals surface area (Å²) in [5, 5.41) is 0. The van der Waals surface area contributed by atoms with Crippen molar-refractivity contribution in [3.8, 4) is 0 Å². The Hall–Kier alpha value is -2.46. The van der Waals surface area contributed by atoms with Crippen molar-refractivity contribution in [2.45, 2.75) is 26.0 Å². The summed E-state index contributed by atoms with van der Waals surface area (Å²) in [6, 6.07) is 36.8. The van der Waals surface area contributed by atoms with Crippen LogP contribution in [0, 0.1) is 0 Å². The van der Waals surface area contributed by atoms with Crippen molar-refractivity contribution in [3.63, 3.8) is 0 Å². The summed E-state index contributed by atoms with van der Waals surface area (Å²) in [6.45, 7) is 0. The second-order valence-electron chi connectivity index (χ2n) is 6.39. The zero-order valence-corrected chi connectivity index (χ0v) is 17.0. The second kappa shape index (κ2) is 9.16. The first-order chi connectivity index (χ1) is 13.8. The number of hydrogen-bond donors (Lipinski definition) is 0. The molecule has 0 aliphatic carbocycles. The van der Waals surface area contributed by atoms with Gasteiger partial charge in [0, 0.05) is 38.5 Å². The van der Waals surface area contributed by atoms with Crippen LogP contribution in [0.2, 0.25) is 0 Å². The predicted octanol–water partition coefficient (Wildman–Crippen LogP) is 6.60. The van der Waals surface area contributed by atoms with Crippen molar-refractivity contribution >= 4 is 22.9 Å². The molecule has 0 saturated carbocycles. The lowest BCUT2D eigenvalue weighted by Gasteiger charge is -2.21. The quantitative estimate of drug-likeness (QED) is 0.354. The third kappa shape index (κ3) is 4.50. The van der Waals surface area contributed by atoms with Gasteiger partial charge in [0.1, 0.15) is 0 Å². The van der Waals surface area contributed by atoms with Crippen LogP contribution >= 0.6 is 11.8 Å². The van der Waals surface area contributed by atoms with Gasteiger partial charge in [0.05, 0.1) is 0 Å². The molecule has 4 aromatic carbocycles. The van der Waals surface area contributed by atoms with Crippen LogP contribution in [0.3, 0.4) is 0 Å². The van der Waals surface area contributed by atoms with Crippen molar-refractivity contribution in [1.29, 1.82) is 0 Å². The second-order valence-corrected chi connectivity index (χ2v) is 8.95. The van der Waals surface area contributed by atoms with Gasteiger partial charge in [-0.2, -0.15) is 0 Å². The van der Waals surface area contributed by atoms with E-state index in [0.29, 0.717) is 0 Å². The molecule has 1 heterocycles. The maximum Gasteiger partial charge on any atom is 0.161 e. The fourth-order valence-electron chi connectivity index (χ4n) is 3.10. The maximum atomic E-state index is 12.2. The summed E-state index contributed by atoms with van der Waals surface area (Å²) < 4.78 is 12.2. The molecule has 0 atom stereocenters. The van der Waals surface area contributed by atoms with E-state index in [1.54, 1.807) is 11.8 Å². The maximum absolute atomic E-state index is 12.2. The summed E-state index contributed by atoms with van der Waals surface area (Å²) in [7, 11) is 0. The Kier molecular flexibility index (Phi) is 6.17. The Bertz CT molecular complexity index is 949. The highest BCUT2D eigenvalue weighted by Crippen LogP contribution is 2.33. The van der Waals surface area contributed by atoms with E-state index < -0.39 is 11.2 Å². The Labute approximate surface area is 173 Å². The molecule has 0 unspecified atom stereocenters. The first kappa shape index (κ1) is 18.9. The monoisotopic (exact) mass is 400 g/mol. The van der Waals surface area contributed by atoms with E-state index in [9.17, 15) is 4.55 Å². The van der Waals surface area contributed by atoms with Gasteiger partial charge in [-0.15, -0.1) is 0 Å². The largest absolute Gasteiger partial charge is 0.606 e. The smallest absolute Gasteiger partial charge is 0.161 e. The molecule has 1 aliphatic heterocycles. The molecule has 0 amide bonds. The van der Waals surface area contributed by atoms with Gasteiger partial charge in [-0.25, -0.2) is 0 Å². The minimum absolute atomic E-state index is 0.901. The van der Waals surface area contributed by atoms with E-state index in [1.165, 1.54) is 20.9 Å². The summed E-state index contributed by atoms with van der Waals surface area (Å²) >= 11 is 0.798. The van der Waals surface area contributed by atoms with Gasteiger partial charge >= 0.3 is 0 Å². The van der Waals surface area contributed by atoms with E-state index in [-0.39, 0.29) is 0 Å². The molecular weight excluding hydrogens is 380 g/mol. The third-order valence-corrected chi connectivity index (χ3v) is 7.06. The lowest BCUT2D eigenvalue weighted by atomic mass is 10.0. The Morgan fingerprint density at radius 1 is 0.536 bits per heavy atom. The normalized spacial score (nSPS) is 12.3. The lowest BCUT2D eigenvalue weighted by Crippen LogP contribution is -2.14. The van der Waals surface area contributed by atoms with Crippen LogP contribution in [0.1, 0.15) is 11.1 Å². The number of hydrogen-bond acceptors (Lipinski definition) is 2. The standard InChI is InChI=1S/C13H10OS.C12H10S/c14-15-12-7-3-1-5-10(12)9-11-6-2-4-8-13(11)15;1-3-7-11(8-4-1)13-12-9-5-2-6-10-12/h1-8H,9H2;1-10H. The molecular formula is C25H20OS2. The first-order valence-corrected chi connectivity index (χ1v) is 11.1. The van der Waals surface area contributed by atoms with E-state index in [0.717, 1.165) is 16.2 Å². The fourth-order valence-corrected chi connectivity index (χ4v) is 5.35. The molecule has 0 spiro atoms. The highest BCUT2D eigenvalue weighted by atomic mass is 32.2. The highest BCUT2D eigenvalue weighted by Gasteiger charge is 2.27. The van der Waals surface area contributed by atoms with Crippen molar-refractivity contribution in [1.82, 2.24) is 0 Å². The molecule has 0 saturated heterocycles. The Balaban J connectivity index is 0.000000139. The molecule has 138 valence electrons. The highest BCUT2D eigenvalue weighted by molar-refractivity contribution is 7.99. The third-order valence-electron chi connectivity index (χ3n) is 4.45. The van der Waals surface area contributed by atoms with Crippen molar-refractivity contribution in [2.75, 3.05) is 0 Å². The SMILES string of the molecule is [O-][S+]1c2ccccc2Cc2ccccc21.c1ccc(Sc2ccccc2)cc1. The molecule has 1 aliphatic rings. The summed E-state index contributed by atoms with van der Waals surface area (Å²) in [5.41, 5.74) is 2.38. The van der Waals surface area contributed by atoms with Crippen LogP contribution in [0.5, 0.6) is 0 Å². The molecule has 5 rings (SSSR count). The molecule has 3 heteroatoms. The molecule has 1 nitrogen and oxygen atoms in total. The minimum atomic E-state index is -0.990. The van der Waals surface area contributed by atoms with Crippen LogP contribution in [-0.2, 0) is 17.6 Å². The van der Waals surface area contributed by atoms with Crippen LogP contribution in [-0.4, -0.2) is 4.55 Å². The molecule has 0 N–H and O–H groups in total. The lowest BCUT2D eigenvalue weighted by molar-refractivity contribution is 0.590. The fraction of sp³-hybridized carbons (Fsp3) is 0.0400. The van der Waals surface area contributed by atoms with Gasteiger partial charge in [0.2, 0.25) is 0 Å². The predicted molar refractivity (Wildman–Crippen MR) is 117 cm³/mol. The van der Waals surface area contributed by atoms with Crippen LogP contribution in [0.25, 0.3) is 0 Å². The van der Waals surface area contributed by atoms with Crippen molar-refractivity contribution in [3.05, 3.63) is 120 Å². The van der Waals surface area contributed by atoms with Crippen LogP contribution in [0.4, 0.5) is 0 Å². The van der Waals surface area contributed by atoms with Crippen molar-refractivity contribution in [2.24, 2.45) is 0 Å². The molecule has 4 aromatic rings. The topological polar surface area (TPSA) is 23.1 Å². The van der Waals surface area contributed by atoms with Gasteiger partial charge in [0.25, 0.3) is 0 Å². The average molecular weight is 401 g/mol. The summed E-state index contributed by atoms with van der Waals surface area (Å²) in [6.07, 6.45) is 0.901. The molecule has 28 heavy (non-hydrogen) atoms. The van der Waals surface area contributed by atoms with E-state index in [2.05, 4.69) is 60.7 Å². The van der Waals surface area contributed by atoms with Gasteiger partial charge in [0.15, 0.2) is 9.79 Å². The summed E-state index contributed by atoms with van der Waals surface area (Å²) in [5.74, 6) is 0. The number of fused-ring (bicyclic) bond motifs is 2. The Morgan fingerprint density at radius 2 is 0.929 bits per heavy atom. The van der Waals surface area contributed by atoms with Crippen LogP contribution < -0.4 is 0 Å². The van der Waals surface area contributed by atoms with E-state index in [4.69, 9.17) is 0 Å². The van der Waals surface area contributed by atoms with Gasteiger partial charge in [-0.05, 0) is 36.4 Å². The van der Waals surface area contributed by atoms with E-state index in [1.807, 2.05) is 48.5 Å². The minimum Gasteiger partial charge on any atom is -0.606 e. The zero-order valence-electron chi connectivity index (χ0n) is 15.3. The molecule has 0 bridgehead atoms. The zero-order chi connectivity index (χ0) is 19.2. The van der Waals surface area contributed by atoms with Crippen LogP contribution in [0.15, 0.2) is 129 Å². The Morgan fingerprint density at radius 3 is 1.39 bits per heavy atom. The summed E-state index contributed by atoms with van der Waals surface area (Å²) in [4.78, 5) is 4.51. The number of rotatable bonds is 2. The first-order valence-electron chi connectivity index (χ1n) is 9.17.